The first-order valence-corrected chi connectivity index (χ1v) is 10.0. The third-order valence-corrected chi connectivity index (χ3v) is 8.72. The van der Waals surface area contributed by atoms with E-state index in [1.54, 1.807) is 0 Å². The number of hydrogen-bond donors (Lipinski definition) is 1. The molecular weight excluding hydrogens is 340 g/mol. The highest BCUT2D eigenvalue weighted by molar-refractivity contribution is 5.84. The zero-order valence-electron chi connectivity index (χ0n) is 16.1. The lowest BCUT2D eigenvalue weighted by Crippen LogP contribution is -2.71. The number of benzene rings is 1. The van der Waals surface area contributed by atoms with Gasteiger partial charge in [-0.15, -0.1) is 0 Å². The standard InChI is InChI=1S/C22H26N2O3/c1-4-12-11-24-16-9-14(12)22(20(26)27-3)17(24)10-21(19(22)25)13-7-5-6-8-15(13)23(2)18(16)21/h4-8,14,16-19,25H,9-11H2,1-3H3/t14-,16-,17-,18+,19?,21+,22+/m0/s1. The van der Waals surface area contributed by atoms with Crippen molar-refractivity contribution in [1.29, 1.82) is 0 Å². The molecule has 5 heterocycles. The predicted octanol–water partition coefficient (Wildman–Crippen LogP) is 1.70. The van der Waals surface area contributed by atoms with Crippen molar-refractivity contribution in [2.24, 2.45) is 11.3 Å². The zero-order chi connectivity index (χ0) is 18.7. The molecule has 7 rings (SSSR count). The monoisotopic (exact) mass is 366 g/mol. The Morgan fingerprint density at radius 2 is 2.15 bits per heavy atom. The second kappa shape index (κ2) is 4.76. The number of carbonyl (C=O) groups excluding carboxylic acids is 1. The van der Waals surface area contributed by atoms with Gasteiger partial charge in [-0.3, -0.25) is 9.69 Å². The maximum absolute atomic E-state index is 13.3. The van der Waals surface area contributed by atoms with Crippen molar-refractivity contribution >= 4 is 11.7 Å². The van der Waals surface area contributed by atoms with Crippen LogP contribution >= 0.6 is 0 Å². The van der Waals surface area contributed by atoms with Gasteiger partial charge in [-0.2, -0.15) is 0 Å². The molecular formula is C22H26N2O3. The van der Waals surface area contributed by atoms with Gasteiger partial charge in [-0.1, -0.05) is 29.8 Å². The summed E-state index contributed by atoms with van der Waals surface area (Å²) in [5.41, 5.74) is 2.48. The molecule has 142 valence electrons. The summed E-state index contributed by atoms with van der Waals surface area (Å²) in [6.45, 7) is 2.97. The van der Waals surface area contributed by atoms with Crippen molar-refractivity contribution in [3.05, 3.63) is 41.5 Å². The molecule has 6 aliphatic rings. The van der Waals surface area contributed by atoms with Gasteiger partial charge in [0.2, 0.25) is 0 Å². The van der Waals surface area contributed by atoms with Gasteiger partial charge in [-0.25, -0.2) is 0 Å². The molecule has 5 aliphatic heterocycles. The van der Waals surface area contributed by atoms with Gasteiger partial charge in [0.1, 0.15) is 5.41 Å². The fourth-order valence-corrected chi connectivity index (χ4v) is 7.97. The van der Waals surface area contributed by atoms with Gasteiger partial charge in [0.05, 0.1) is 19.3 Å². The first kappa shape index (κ1) is 16.1. The summed E-state index contributed by atoms with van der Waals surface area (Å²) in [4.78, 5) is 18.2. The topological polar surface area (TPSA) is 53.0 Å². The molecule has 0 aromatic heterocycles. The molecule has 0 amide bonds. The van der Waals surface area contributed by atoms with E-state index in [4.69, 9.17) is 4.74 Å². The van der Waals surface area contributed by atoms with Crippen molar-refractivity contribution in [2.45, 2.75) is 49.4 Å². The Morgan fingerprint density at radius 3 is 2.89 bits per heavy atom. The Hall–Kier alpha value is -1.85. The normalized spacial score (nSPS) is 49.5. The molecule has 5 nitrogen and oxygen atoms in total. The lowest BCUT2D eigenvalue weighted by Gasteiger charge is -2.61. The van der Waals surface area contributed by atoms with Crippen LogP contribution < -0.4 is 4.90 Å². The number of rotatable bonds is 1. The van der Waals surface area contributed by atoms with E-state index in [9.17, 15) is 9.90 Å². The van der Waals surface area contributed by atoms with Crippen molar-refractivity contribution in [2.75, 3.05) is 25.6 Å². The SMILES string of the molecule is CC=C1CN2[C@H]3C[C@@]45c6ccccc6N(C)[C@@H]4[C@@H]2C[C@@H]1[C@]3(C(=O)OC)C5O. The van der Waals surface area contributed by atoms with E-state index < -0.39 is 11.5 Å². The molecule has 4 saturated heterocycles. The third-order valence-electron chi connectivity index (χ3n) is 8.72. The van der Waals surface area contributed by atoms with Crippen LogP contribution in [0.3, 0.4) is 0 Å². The van der Waals surface area contributed by atoms with Crippen LogP contribution in [-0.4, -0.2) is 60.9 Å². The van der Waals surface area contributed by atoms with Gasteiger partial charge in [0.15, 0.2) is 0 Å². The minimum Gasteiger partial charge on any atom is -0.468 e. The van der Waals surface area contributed by atoms with Gasteiger partial charge < -0.3 is 14.7 Å². The van der Waals surface area contributed by atoms with E-state index in [1.165, 1.54) is 23.9 Å². The maximum atomic E-state index is 13.3. The van der Waals surface area contributed by atoms with Gasteiger partial charge in [0.25, 0.3) is 0 Å². The molecule has 2 unspecified atom stereocenters. The van der Waals surface area contributed by atoms with E-state index >= 15 is 0 Å². The summed E-state index contributed by atoms with van der Waals surface area (Å²) in [5.74, 6) is -0.146. The molecule has 5 bridgehead atoms. The van der Waals surface area contributed by atoms with Crippen LogP contribution in [0, 0.1) is 11.3 Å². The number of anilines is 1. The molecule has 27 heavy (non-hydrogen) atoms. The first-order chi connectivity index (χ1) is 13.0. The van der Waals surface area contributed by atoms with Crippen LogP contribution in [0.25, 0.3) is 0 Å². The Kier molecular flexibility index (Phi) is 2.84. The van der Waals surface area contributed by atoms with Crippen LogP contribution in [-0.2, 0) is 14.9 Å². The number of fused-ring (bicyclic) bond motifs is 2. The highest BCUT2D eigenvalue weighted by Crippen LogP contribution is 2.72. The molecule has 1 spiro atoms. The third kappa shape index (κ3) is 1.40. The highest BCUT2D eigenvalue weighted by Gasteiger charge is 2.82. The molecule has 5 heteroatoms. The van der Waals surface area contributed by atoms with Crippen LogP contribution in [0.15, 0.2) is 35.9 Å². The average Bonchev–Trinajstić information content (AvgIpc) is 3.08. The fraction of sp³-hybridized carbons (Fsp3) is 0.591. The number of para-hydroxylation sites is 1. The number of piperidine rings is 4. The molecule has 1 aliphatic carbocycles. The number of allylic oxidation sites excluding steroid dienone is 1. The van der Waals surface area contributed by atoms with E-state index in [0.29, 0.717) is 6.04 Å². The Balaban J connectivity index is 1.67. The maximum Gasteiger partial charge on any atom is 0.316 e. The lowest BCUT2D eigenvalue weighted by molar-refractivity contribution is -0.179. The Bertz CT molecular complexity index is 897. The van der Waals surface area contributed by atoms with Crippen LogP contribution in [0.4, 0.5) is 5.69 Å². The number of hydrogen-bond acceptors (Lipinski definition) is 5. The number of esters is 1. The fourth-order valence-electron chi connectivity index (χ4n) is 7.97. The second-order valence-corrected chi connectivity index (χ2v) is 9.05. The second-order valence-electron chi connectivity index (χ2n) is 9.05. The zero-order valence-corrected chi connectivity index (χ0v) is 16.1. The minimum absolute atomic E-state index is 0.0585. The van der Waals surface area contributed by atoms with Gasteiger partial charge >= 0.3 is 5.97 Å². The van der Waals surface area contributed by atoms with Crippen LogP contribution in [0.1, 0.15) is 25.3 Å². The number of methoxy groups -OCH3 is 1. The number of likely N-dealkylation sites (N-methyl/N-ethyl adjacent to an activating group) is 1. The summed E-state index contributed by atoms with van der Waals surface area (Å²) in [5, 5.41) is 12.0. The summed E-state index contributed by atoms with van der Waals surface area (Å²) in [6, 6.07) is 9.09. The lowest BCUT2D eigenvalue weighted by atomic mass is 9.58. The molecule has 1 aromatic rings. The van der Waals surface area contributed by atoms with E-state index in [0.717, 1.165) is 19.4 Å². The summed E-state index contributed by atoms with van der Waals surface area (Å²) in [7, 11) is 3.63. The molecule has 1 saturated carbocycles. The molecule has 1 N–H and O–H groups in total. The number of ether oxygens (including phenoxy) is 1. The highest BCUT2D eigenvalue weighted by atomic mass is 16.5. The van der Waals surface area contributed by atoms with E-state index in [1.807, 2.05) is 0 Å². The van der Waals surface area contributed by atoms with Crippen molar-refractivity contribution < 1.29 is 14.6 Å². The Labute approximate surface area is 159 Å². The van der Waals surface area contributed by atoms with E-state index in [-0.39, 0.29) is 29.4 Å². The number of carbonyl (C=O) groups is 1. The average molecular weight is 366 g/mol. The van der Waals surface area contributed by atoms with E-state index in [2.05, 4.69) is 54.1 Å². The van der Waals surface area contributed by atoms with Crippen LogP contribution in [0.2, 0.25) is 0 Å². The summed E-state index contributed by atoms with van der Waals surface area (Å²) >= 11 is 0. The predicted molar refractivity (Wildman–Crippen MR) is 102 cm³/mol. The van der Waals surface area contributed by atoms with Crippen molar-refractivity contribution in [3.8, 4) is 0 Å². The van der Waals surface area contributed by atoms with Gasteiger partial charge in [-0.05, 0) is 31.4 Å². The number of nitrogens with zero attached hydrogens (tertiary/aromatic N) is 2. The van der Waals surface area contributed by atoms with Crippen molar-refractivity contribution in [3.63, 3.8) is 0 Å². The van der Waals surface area contributed by atoms with Crippen LogP contribution in [0.5, 0.6) is 0 Å². The molecule has 0 radical (unpaired) electrons. The number of aliphatic hydroxyl groups is 1. The summed E-state index contributed by atoms with van der Waals surface area (Å²) in [6.07, 6.45) is 3.19. The molecule has 8 atom stereocenters. The minimum atomic E-state index is -0.849. The van der Waals surface area contributed by atoms with Crippen molar-refractivity contribution in [1.82, 2.24) is 4.90 Å². The molecule has 1 aromatic carbocycles. The van der Waals surface area contributed by atoms with Gasteiger partial charge in [0, 0.05) is 42.7 Å². The summed E-state index contributed by atoms with van der Waals surface area (Å²) < 4.78 is 5.37. The Morgan fingerprint density at radius 1 is 1.37 bits per heavy atom. The first-order valence-electron chi connectivity index (χ1n) is 10.0. The largest absolute Gasteiger partial charge is 0.468 e. The molecule has 5 fully saturated rings. The number of aliphatic hydroxyl groups excluding tert-OH is 1. The smallest absolute Gasteiger partial charge is 0.316 e. The quantitative estimate of drug-likeness (QED) is 0.606.